The number of aromatic nitrogens is 1. The van der Waals surface area contributed by atoms with Crippen molar-refractivity contribution in [1.82, 2.24) is 20.1 Å². The van der Waals surface area contributed by atoms with Gasteiger partial charge in [0.25, 0.3) is 5.91 Å². The Kier molecular flexibility index (Phi) is 3.98. The molecule has 2 saturated heterocycles. The summed E-state index contributed by atoms with van der Waals surface area (Å²) < 4.78 is 0. The van der Waals surface area contributed by atoms with E-state index in [1.807, 2.05) is 30.5 Å². The molecule has 2 aromatic rings. The first-order valence-electron chi connectivity index (χ1n) is 8.61. The van der Waals surface area contributed by atoms with Gasteiger partial charge in [0.1, 0.15) is 6.04 Å². The molecule has 6 heteroatoms. The number of benzene rings is 1. The third-order valence-corrected chi connectivity index (χ3v) is 5.00. The summed E-state index contributed by atoms with van der Waals surface area (Å²) in [5.41, 5.74) is 2.11. The molecule has 6 nitrogen and oxygen atoms in total. The second-order valence-corrected chi connectivity index (χ2v) is 6.65. The highest BCUT2D eigenvalue weighted by atomic mass is 16.2. The third-order valence-electron chi connectivity index (χ3n) is 5.00. The number of hydrogen-bond donors (Lipinski definition) is 2. The number of imide groups is 1. The monoisotopic (exact) mass is 326 g/mol. The van der Waals surface area contributed by atoms with Crippen molar-refractivity contribution in [2.24, 2.45) is 0 Å². The number of piperidine rings is 1. The molecule has 2 fully saturated rings. The average molecular weight is 326 g/mol. The Morgan fingerprint density at radius 3 is 2.71 bits per heavy atom. The number of nitrogens with zero attached hydrogens (tertiary/aromatic N) is 2. The molecule has 1 atom stereocenters. The lowest BCUT2D eigenvalue weighted by Gasteiger charge is -2.29. The van der Waals surface area contributed by atoms with Gasteiger partial charge in [-0.25, -0.2) is 9.69 Å². The first-order valence-corrected chi connectivity index (χ1v) is 8.61. The van der Waals surface area contributed by atoms with Crippen LogP contribution in [0.3, 0.4) is 0 Å². The predicted molar refractivity (Wildman–Crippen MR) is 91.5 cm³/mol. The Bertz CT molecular complexity index is 763. The molecule has 24 heavy (non-hydrogen) atoms. The summed E-state index contributed by atoms with van der Waals surface area (Å²) >= 11 is 0. The average Bonchev–Trinajstić information content (AvgIpc) is 3.13. The lowest BCUT2D eigenvalue weighted by atomic mass is 10.1. The maximum absolute atomic E-state index is 12.7. The molecule has 0 spiro atoms. The van der Waals surface area contributed by atoms with Crippen LogP contribution in [0.1, 0.15) is 24.8 Å². The van der Waals surface area contributed by atoms with E-state index >= 15 is 0 Å². The molecule has 0 unspecified atom stereocenters. The van der Waals surface area contributed by atoms with Gasteiger partial charge in [-0.05, 0) is 37.6 Å². The van der Waals surface area contributed by atoms with Crippen LogP contribution in [0.25, 0.3) is 10.9 Å². The van der Waals surface area contributed by atoms with Gasteiger partial charge in [-0.3, -0.25) is 9.69 Å². The quantitative estimate of drug-likeness (QED) is 0.845. The van der Waals surface area contributed by atoms with E-state index in [2.05, 4.69) is 15.2 Å². The molecule has 0 aliphatic carbocycles. The fourth-order valence-electron chi connectivity index (χ4n) is 3.67. The summed E-state index contributed by atoms with van der Waals surface area (Å²) in [5.74, 6) is -0.115. The number of carbonyl (C=O) groups is 2. The SMILES string of the molecule is O=C1N[C@@H](Cc2c[nH]c3ccccc23)C(=O)N1CN1CCCCC1. The molecule has 4 rings (SSSR count). The van der Waals surface area contributed by atoms with Crippen molar-refractivity contribution < 1.29 is 9.59 Å². The van der Waals surface area contributed by atoms with Crippen LogP contribution in [-0.2, 0) is 11.2 Å². The number of para-hydroxylation sites is 1. The minimum Gasteiger partial charge on any atom is -0.361 e. The number of nitrogens with one attached hydrogen (secondary N) is 2. The van der Waals surface area contributed by atoms with Gasteiger partial charge >= 0.3 is 6.03 Å². The first-order chi connectivity index (χ1) is 11.7. The lowest BCUT2D eigenvalue weighted by molar-refractivity contribution is -0.129. The summed E-state index contributed by atoms with van der Waals surface area (Å²) in [5, 5.41) is 3.95. The van der Waals surface area contributed by atoms with Crippen LogP contribution in [0.2, 0.25) is 0 Å². The summed E-state index contributed by atoms with van der Waals surface area (Å²) in [4.78, 5) is 31.7. The van der Waals surface area contributed by atoms with Gasteiger partial charge < -0.3 is 10.3 Å². The molecule has 1 aromatic heterocycles. The van der Waals surface area contributed by atoms with Gasteiger partial charge in [-0.1, -0.05) is 24.6 Å². The van der Waals surface area contributed by atoms with Gasteiger partial charge in [-0.2, -0.15) is 0 Å². The lowest BCUT2D eigenvalue weighted by Crippen LogP contribution is -2.44. The van der Waals surface area contributed by atoms with Gasteiger partial charge in [0.2, 0.25) is 0 Å². The molecule has 1 aromatic carbocycles. The summed E-state index contributed by atoms with van der Waals surface area (Å²) in [6, 6.07) is 7.27. The highest BCUT2D eigenvalue weighted by Gasteiger charge is 2.39. The van der Waals surface area contributed by atoms with Crippen LogP contribution in [-0.4, -0.2) is 52.5 Å². The summed E-state index contributed by atoms with van der Waals surface area (Å²) in [7, 11) is 0. The molecule has 2 aliphatic rings. The van der Waals surface area contributed by atoms with Gasteiger partial charge in [0, 0.05) is 23.5 Å². The number of carbonyl (C=O) groups excluding carboxylic acids is 2. The number of urea groups is 1. The van der Waals surface area contributed by atoms with E-state index in [-0.39, 0.29) is 11.9 Å². The van der Waals surface area contributed by atoms with E-state index in [1.165, 1.54) is 11.3 Å². The van der Waals surface area contributed by atoms with Gasteiger partial charge in [0.15, 0.2) is 0 Å². The number of fused-ring (bicyclic) bond motifs is 1. The largest absolute Gasteiger partial charge is 0.361 e. The Balaban J connectivity index is 1.46. The highest BCUT2D eigenvalue weighted by molar-refractivity contribution is 6.04. The normalized spacial score (nSPS) is 22.3. The maximum Gasteiger partial charge on any atom is 0.325 e. The Morgan fingerprint density at radius 1 is 1.08 bits per heavy atom. The van der Waals surface area contributed by atoms with E-state index in [4.69, 9.17) is 0 Å². The Hall–Kier alpha value is -2.34. The number of aromatic amines is 1. The molecule has 126 valence electrons. The minimum atomic E-state index is -0.471. The predicted octanol–water partition coefficient (Wildman–Crippen LogP) is 2.07. The van der Waals surface area contributed by atoms with Crippen molar-refractivity contribution in [2.75, 3.05) is 19.8 Å². The second-order valence-electron chi connectivity index (χ2n) is 6.65. The Morgan fingerprint density at radius 2 is 1.88 bits per heavy atom. The number of H-pyrrole nitrogens is 1. The van der Waals surface area contributed by atoms with Crippen LogP contribution in [0.4, 0.5) is 4.79 Å². The molecule has 3 heterocycles. The van der Waals surface area contributed by atoms with Crippen molar-refractivity contribution in [2.45, 2.75) is 31.7 Å². The molecule has 0 radical (unpaired) electrons. The molecule has 2 N–H and O–H groups in total. The van der Waals surface area contributed by atoms with Gasteiger partial charge in [-0.15, -0.1) is 0 Å². The Labute approximate surface area is 140 Å². The van der Waals surface area contributed by atoms with E-state index in [0.717, 1.165) is 42.4 Å². The summed E-state index contributed by atoms with van der Waals surface area (Å²) in [6.45, 7) is 2.34. The molecular weight excluding hydrogens is 304 g/mol. The fraction of sp³-hybridized carbons (Fsp3) is 0.444. The van der Waals surface area contributed by atoms with E-state index < -0.39 is 6.04 Å². The van der Waals surface area contributed by atoms with Crippen LogP contribution >= 0.6 is 0 Å². The van der Waals surface area contributed by atoms with Crippen LogP contribution in [0, 0.1) is 0 Å². The third kappa shape index (κ3) is 2.78. The fourth-order valence-corrected chi connectivity index (χ4v) is 3.67. The van der Waals surface area contributed by atoms with Crippen molar-refractivity contribution in [1.29, 1.82) is 0 Å². The van der Waals surface area contributed by atoms with Gasteiger partial charge in [0.05, 0.1) is 6.67 Å². The summed E-state index contributed by atoms with van der Waals surface area (Å²) in [6.07, 6.45) is 5.97. The smallest absolute Gasteiger partial charge is 0.325 e. The highest BCUT2D eigenvalue weighted by Crippen LogP contribution is 2.21. The first kappa shape index (κ1) is 15.2. The van der Waals surface area contributed by atoms with E-state index in [0.29, 0.717) is 13.1 Å². The van der Waals surface area contributed by atoms with Crippen LogP contribution in [0.5, 0.6) is 0 Å². The standard InChI is InChI=1S/C18H22N4O2/c23-17-16(10-13-11-19-15-7-3-2-6-14(13)15)20-18(24)22(17)12-21-8-4-1-5-9-21/h2-3,6-7,11,16,19H,1,4-5,8-10,12H2,(H,20,24)/t16-/m0/s1. The van der Waals surface area contributed by atoms with Crippen molar-refractivity contribution in [3.8, 4) is 0 Å². The van der Waals surface area contributed by atoms with Crippen molar-refractivity contribution in [3.05, 3.63) is 36.0 Å². The number of amides is 3. The molecule has 0 saturated carbocycles. The maximum atomic E-state index is 12.7. The molecule has 0 bridgehead atoms. The van der Waals surface area contributed by atoms with Crippen LogP contribution in [0.15, 0.2) is 30.5 Å². The molecular formula is C18H22N4O2. The zero-order valence-electron chi connectivity index (χ0n) is 13.6. The number of likely N-dealkylation sites (tertiary alicyclic amines) is 1. The zero-order chi connectivity index (χ0) is 16.5. The van der Waals surface area contributed by atoms with E-state index in [9.17, 15) is 9.59 Å². The molecule has 3 amide bonds. The van der Waals surface area contributed by atoms with Crippen LogP contribution < -0.4 is 5.32 Å². The van der Waals surface area contributed by atoms with Crippen molar-refractivity contribution >= 4 is 22.8 Å². The second kappa shape index (κ2) is 6.28. The number of rotatable bonds is 4. The van der Waals surface area contributed by atoms with E-state index in [1.54, 1.807) is 0 Å². The topological polar surface area (TPSA) is 68.4 Å². The zero-order valence-corrected chi connectivity index (χ0v) is 13.6. The van der Waals surface area contributed by atoms with Crippen molar-refractivity contribution in [3.63, 3.8) is 0 Å². The minimum absolute atomic E-state index is 0.115. The molecule has 2 aliphatic heterocycles. The number of hydrogen-bond acceptors (Lipinski definition) is 3.